The zero-order chi connectivity index (χ0) is 14.5. The third-order valence-corrected chi connectivity index (χ3v) is 5.34. The van der Waals surface area contributed by atoms with E-state index in [1.54, 1.807) is 0 Å². The average molecular weight is 339 g/mol. The molecular formula is C17H27BrN2. The van der Waals surface area contributed by atoms with E-state index in [1.165, 1.54) is 35.7 Å². The second-order valence-corrected chi connectivity index (χ2v) is 6.66. The molecule has 1 aliphatic rings. The molecule has 1 aromatic carbocycles. The molecule has 112 valence electrons. The molecule has 1 fully saturated rings. The first-order valence-electron chi connectivity index (χ1n) is 7.94. The van der Waals surface area contributed by atoms with Gasteiger partial charge < -0.3 is 5.73 Å². The Kier molecular flexibility index (Phi) is 6.06. The fourth-order valence-electron chi connectivity index (χ4n) is 3.51. The smallest absolute Gasteiger partial charge is 0.0513 e. The zero-order valence-corrected chi connectivity index (χ0v) is 14.3. The minimum Gasteiger partial charge on any atom is -0.326 e. The molecule has 2 rings (SSSR count). The van der Waals surface area contributed by atoms with Crippen LogP contribution in [0.2, 0.25) is 0 Å². The number of nitrogens with two attached hydrogens (primary N) is 1. The fraction of sp³-hybridized carbons (Fsp3) is 0.647. The van der Waals surface area contributed by atoms with Crippen molar-refractivity contribution in [2.24, 2.45) is 5.73 Å². The highest BCUT2D eigenvalue weighted by atomic mass is 79.9. The molecule has 1 aliphatic carbocycles. The van der Waals surface area contributed by atoms with Crippen LogP contribution in [0.1, 0.15) is 57.6 Å². The molecule has 1 aromatic rings. The first-order valence-corrected chi connectivity index (χ1v) is 8.74. The summed E-state index contributed by atoms with van der Waals surface area (Å²) in [5.74, 6) is 0. The maximum Gasteiger partial charge on any atom is 0.0513 e. The highest BCUT2D eigenvalue weighted by Crippen LogP contribution is 2.36. The van der Waals surface area contributed by atoms with Crippen molar-refractivity contribution in [2.75, 3.05) is 6.54 Å². The molecule has 2 unspecified atom stereocenters. The summed E-state index contributed by atoms with van der Waals surface area (Å²) >= 11 is 3.72. The van der Waals surface area contributed by atoms with Gasteiger partial charge in [-0.25, -0.2) is 0 Å². The van der Waals surface area contributed by atoms with E-state index < -0.39 is 0 Å². The van der Waals surface area contributed by atoms with E-state index in [-0.39, 0.29) is 6.04 Å². The van der Waals surface area contributed by atoms with Gasteiger partial charge in [0.15, 0.2) is 0 Å². The van der Waals surface area contributed by atoms with Crippen molar-refractivity contribution in [1.82, 2.24) is 4.90 Å². The lowest BCUT2D eigenvalue weighted by atomic mass is 9.94. The van der Waals surface area contributed by atoms with E-state index in [9.17, 15) is 0 Å². The van der Waals surface area contributed by atoms with Gasteiger partial charge in [-0.15, -0.1) is 0 Å². The van der Waals surface area contributed by atoms with E-state index in [1.807, 2.05) is 0 Å². The van der Waals surface area contributed by atoms with Crippen LogP contribution >= 0.6 is 15.9 Å². The summed E-state index contributed by atoms with van der Waals surface area (Å²) in [6.07, 6.45) is 6.39. The van der Waals surface area contributed by atoms with Gasteiger partial charge >= 0.3 is 0 Å². The summed E-state index contributed by atoms with van der Waals surface area (Å²) in [4.78, 5) is 2.64. The van der Waals surface area contributed by atoms with E-state index in [2.05, 4.69) is 58.9 Å². The Morgan fingerprint density at radius 1 is 1.25 bits per heavy atom. The van der Waals surface area contributed by atoms with Gasteiger partial charge in [-0.1, -0.05) is 60.8 Å². The lowest BCUT2D eigenvalue weighted by molar-refractivity contribution is 0.121. The summed E-state index contributed by atoms with van der Waals surface area (Å²) in [5.41, 5.74) is 7.84. The Balaban J connectivity index is 2.33. The number of nitrogens with zero attached hydrogens (tertiary/aromatic N) is 1. The van der Waals surface area contributed by atoms with Crippen molar-refractivity contribution in [3.63, 3.8) is 0 Å². The molecule has 2 atom stereocenters. The topological polar surface area (TPSA) is 29.3 Å². The second-order valence-electron chi connectivity index (χ2n) is 5.81. The summed E-state index contributed by atoms with van der Waals surface area (Å²) in [6, 6.07) is 9.77. The zero-order valence-electron chi connectivity index (χ0n) is 12.7. The minimum absolute atomic E-state index is 0.189. The van der Waals surface area contributed by atoms with Crippen LogP contribution in [-0.2, 0) is 0 Å². The molecule has 0 saturated heterocycles. The maximum atomic E-state index is 6.50. The molecule has 0 aromatic heterocycles. The van der Waals surface area contributed by atoms with E-state index in [0.29, 0.717) is 12.1 Å². The van der Waals surface area contributed by atoms with Crippen molar-refractivity contribution in [2.45, 2.75) is 64.1 Å². The number of hydrogen-bond acceptors (Lipinski definition) is 2. The van der Waals surface area contributed by atoms with Crippen molar-refractivity contribution in [3.05, 3.63) is 34.3 Å². The van der Waals surface area contributed by atoms with Gasteiger partial charge in [0, 0.05) is 16.6 Å². The SMILES string of the molecule is CCC(N)C(c1ccccc1Br)N(CC)C1CCCC1. The molecule has 0 spiro atoms. The van der Waals surface area contributed by atoms with Gasteiger partial charge in [-0.2, -0.15) is 0 Å². The van der Waals surface area contributed by atoms with Crippen molar-refractivity contribution < 1.29 is 0 Å². The van der Waals surface area contributed by atoms with Crippen LogP contribution in [0.5, 0.6) is 0 Å². The number of hydrogen-bond donors (Lipinski definition) is 1. The van der Waals surface area contributed by atoms with Gasteiger partial charge in [-0.05, 0) is 37.4 Å². The Hall–Kier alpha value is -0.380. The van der Waals surface area contributed by atoms with Gasteiger partial charge in [-0.3, -0.25) is 4.90 Å². The molecule has 3 heteroatoms. The molecule has 0 heterocycles. The van der Waals surface area contributed by atoms with Crippen LogP contribution in [0.15, 0.2) is 28.7 Å². The summed E-state index contributed by atoms with van der Waals surface area (Å²) in [7, 11) is 0. The van der Waals surface area contributed by atoms with E-state index in [4.69, 9.17) is 5.73 Å². The van der Waals surface area contributed by atoms with E-state index >= 15 is 0 Å². The lowest BCUT2D eigenvalue weighted by Crippen LogP contribution is -2.45. The molecule has 2 N–H and O–H groups in total. The fourth-order valence-corrected chi connectivity index (χ4v) is 4.03. The maximum absolute atomic E-state index is 6.50. The molecule has 0 radical (unpaired) electrons. The van der Waals surface area contributed by atoms with Crippen LogP contribution < -0.4 is 5.73 Å². The molecule has 0 amide bonds. The van der Waals surface area contributed by atoms with Crippen molar-refractivity contribution >= 4 is 15.9 Å². The van der Waals surface area contributed by atoms with Crippen LogP contribution in [0.25, 0.3) is 0 Å². The van der Waals surface area contributed by atoms with Gasteiger partial charge in [0.2, 0.25) is 0 Å². The summed E-state index contributed by atoms with van der Waals surface area (Å²) in [5, 5.41) is 0. The first-order chi connectivity index (χ1) is 9.69. The standard InChI is InChI=1S/C17H27BrN2/c1-3-16(19)17(14-11-7-8-12-15(14)18)20(4-2)13-9-5-6-10-13/h7-8,11-13,16-17H,3-6,9-10,19H2,1-2H3. The Labute approximate surface area is 131 Å². The lowest BCUT2D eigenvalue weighted by Gasteiger charge is -2.39. The predicted octanol–water partition coefficient (Wildman–Crippen LogP) is 4.49. The molecular weight excluding hydrogens is 312 g/mol. The predicted molar refractivity (Wildman–Crippen MR) is 89.8 cm³/mol. The minimum atomic E-state index is 0.189. The van der Waals surface area contributed by atoms with E-state index in [0.717, 1.165) is 13.0 Å². The average Bonchev–Trinajstić information content (AvgIpc) is 2.99. The van der Waals surface area contributed by atoms with Gasteiger partial charge in [0.25, 0.3) is 0 Å². The first kappa shape index (κ1) is 16.0. The molecule has 2 nitrogen and oxygen atoms in total. The number of likely N-dealkylation sites (N-methyl/N-ethyl adjacent to an activating group) is 1. The highest BCUT2D eigenvalue weighted by molar-refractivity contribution is 9.10. The van der Waals surface area contributed by atoms with Crippen molar-refractivity contribution in [1.29, 1.82) is 0 Å². The molecule has 20 heavy (non-hydrogen) atoms. The number of halogens is 1. The number of benzene rings is 1. The van der Waals surface area contributed by atoms with Gasteiger partial charge in [0.05, 0.1) is 6.04 Å². The monoisotopic (exact) mass is 338 g/mol. The Bertz CT molecular complexity index is 415. The third-order valence-electron chi connectivity index (χ3n) is 4.62. The van der Waals surface area contributed by atoms with Crippen LogP contribution in [0.4, 0.5) is 0 Å². The third kappa shape index (κ3) is 3.44. The van der Waals surface area contributed by atoms with Crippen LogP contribution in [0, 0.1) is 0 Å². The summed E-state index contributed by atoms with van der Waals surface area (Å²) < 4.78 is 1.19. The molecule has 0 bridgehead atoms. The molecule has 0 aliphatic heterocycles. The quantitative estimate of drug-likeness (QED) is 0.827. The van der Waals surface area contributed by atoms with Crippen LogP contribution in [-0.4, -0.2) is 23.5 Å². The van der Waals surface area contributed by atoms with Crippen LogP contribution in [0.3, 0.4) is 0 Å². The van der Waals surface area contributed by atoms with Crippen molar-refractivity contribution in [3.8, 4) is 0 Å². The largest absolute Gasteiger partial charge is 0.326 e. The Morgan fingerprint density at radius 2 is 1.90 bits per heavy atom. The normalized spacial score (nSPS) is 19.4. The second kappa shape index (κ2) is 7.58. The number of rotatable bonds is 6. The van der Waals surface area contributed by atoms with Gasteiger partial charge in [0.1, 0.15) is 0 Å². The summed E-state index contributed by atoms with van der Waals surface area (Å²) in [6.45, 7) is 5.53. The molecule has 1 saturated carbocycles. The highest BCUT2D eigenvalue weighted by Gasteiger charge is 2.32. The Morgan fingerprint density at radius 3 is 2.45 bits per heavy atom.